The van der Waals surface area contributed by atoms with Crippen LogP contribution in [0.25, 0.3) is 0 Å². The zero-order valence-corrected chi connectivity index (χ0v) is 15.3. The maximum absolute atomic E-state index is 12.0. The van der Waals surface area contributed by atoms with E-state index in [1.54, 1.807) is 6.07 Å². The highest BCUT2D eigenvalue weighted by Gasteiger charge is 2.24. The summed E-state index contributed by atoms with van der Waals surface area (Å²) in [6.45, 7) is 2.52. The topological polar surface area (TPSA) is 81.7 Å². The fourth-order valence-corrected chi connectivity index (χ4v) is 5.03. The molecule has 2 unspecified atom stereocenters. The van der Waals surface area contributed by atoms with Crippen LogP contribution in [0.15, 0.2) is 20.1 Å². The maximum Gasteiger partial charge on any atom is 0.273 e. The van der Waals surface area contributed by atoms with Crippen molar-refractivity contribution in [2.75, 3.05) is 13.2 Å². The maximum atomic E-state index is 12.0. The summed E-state index contributed by atoms with van der Waals surface area (Å²) >= 11 is 4.23. The summed E-state index contributed by atoms with van der Waals surface area (Å²) in [5.74, 6) is -0.680. The lowest BCUT2D eigenvalue weighted by atomic mass is 10.1. The average molecular weight is 412 g/mol. The summed E-state index contributed by atoms with van der Waals surface area (Å²) in [5, 5.41) is 0. The molecule has 0 saturated carbocycles. The first-order valence-corrected chi connectivity index (χ1v) is 10.0. The van der Waals surface area contributed by atoms with E-state index in [4.69, 9.17) is 9.47 Å². The third-order valence-corrected chi connectivity index (χ3v) is 6.69. The van der Waals surface area contributed by atoms with Crippen molar-refractivity contribution in [3.63, 3.8) is 0 Å². The van der Waals surface area contributed by atoms with Crippen molar-refractivity contribution in [3.05, 3.63) is 15.9 Å². The minimum absolute atomic E-state index is 0.0196. The van der Waals surface area contributed by atoms with Gasteiger partial charge in [-0.1, -0.05) is 0 Å². The molecule has 1 saturated heterocycles. The van der Waals surface area contributed by atoms with Gasteiger partial charge in [-0.15, -0.1) is 11.3 Å². The standard InChI is InChI=1S/C13H18BrNO5S2/c1-9(20-8-10-4-2-3-7-19-10)13(16)15-22(17,18)12-6-5-11(14)21-12/h5-6,9-10H,2-4,7-8H2,1H3,(H,15,16). The van der Waals surface area contributed by atoms with E-state index in [1.165, 1.54) is 13.0 Å². The van der Waals surface area contributed by atoms with Crippen LogP contribution in [-0.4, -0.2) is 39.7 Å². The van der Waals surface area contributed by atoms with Crippen molar-refractivity contribution < 1.29 is 22.7 Å². The van der Waals surface area contributed by atoms with Crippen LogP contribution >= 0.6 is 27.3 Å². The van der Waals surface area contributed by atoms with Crippen LogP contribution in [-0.2, 0) is 24.3 Å². The Morgan fingerprint density at radius 2 is 2.32 bits per heavy atom. The van der Waals surface area contributed by atoms with E-state index < -0.39 is 22.0 Å². The molecule has 1 fully saturated rings. The monoisotopic (exact) mass is 411 g/mol. The second-order valence-corrected chi connectivity index (χ2v) is 9.36. The van der Waals surface area contributed by atoms with E-state index >= 15 is 0 Å². The fourth-order valence-electron chi connectivity index (χ4n) is 1.97. The number of thiophene rings is 1. The predicted octanol–water partition coefficient (Wildman–Crippen LogP) is 2.29. The van der Waals surface area contributed by atoms with Gasteiger partial charge in [-0.25, -0.2) is 13.1 Å². The van der Waals surface area contributed by atoms with Gasteiger partial charge >= 0.3 is 0 Å². The number of hydrogen-bond donors (Lipinski definition) is 1. The van der Waals surface area contributed by atoms with Crippen molar-refractivity contribution in [1.82, 2.24) is 4.72 Å². The first kappa shape index (κ1) is 17.9. The van der Waals surface area contributed by atoms with Gasteiger partial charge < -0.3 is 9.47 Å². The Hall–Kier alpha value is -0.480. The van der Waals surface area contributed by atoms with E-state index in [0.29, 0.717) is 17.0 Å². The Kier molecular flexibility index (Phi) is 6.39. The van der Waals surface area contributed by atoms with Gasteiger partial charge in [0.15, 0.2) is 0 Å². The number of ether oxygens (including phenoxy) is 2. The Balaban J connectivity index is 1.85. The number of halogens is 1. The number of hydrogen-bond acceptors (Lipinski definition) is 6. The van der Waals surface area contributed by atoms with Gasteiger partial charge in [0.05, 0.1) is 16.5 Å². The molecule has 0 aromatic carbocycles. The molecular formula is C13H18BrNO5S2. The number of sulfonamides is 1. The molecule has 0 spiro atoms. The molecule has 1 amide bonds. The third-order valence-electron chi connectivity index (χ3n) is 3.22. The highest BCUT2D eigenvalue weighted by atomic mass is 79.9. The number of rotatable bonds is 6. The van der Waals surface area contributed by atoms with Crippen LogP contribution in [0.5, 0.6) is 0 Å². The summed E-state index contributed by atoms with van der Waals surface area (Å²) in [7, 11) is -3.85. The van der Waals surface area contributed by atoms with Gasteiger partial charge in [0, 0.05) is 6.61 Å². The Bertz CT molecular complexity index is 610. The van der Waals surface area contributed by atoms with Crippen molar-refractivity contribution in [1.29, 1.82) is 0 Å². The SMILES string of the molecule is CC(OCC1CCCCO1)C(=O)NS(=O)(=O)c1ccc(Br)s1. The van der Waals surface area contributed by atoms with Crippen molar-refractivity contribution >= 4 is 43.2 Å². The zero-order chi connectivity index (χ0) is 16.2. The number of carbonyl (C=O) groups is 1. The minimum atomic E-state index is -3.85. The van der Waals surface area contributed by atoms with E-state index in [-0.39, 0.29) is 10.3 Å². The van der Waals surface area contributed by atoms with E-state index in [9.17, 15) is 13.2 Å². The molecule has 0 radical (unpaired) electrons. The summed E-state index contributed by atoms with van der Waals surface area (Å²) in [4.78, 5) is 11.9. The molecule has 6 nitrogen and oxygen atoms in total. The number of nitrogens with one attached hydrogen (secondary N) is 1. The molecule has 1 aliphatic heterocycles. The summed E-state index contributed by atoms with van der Waals surface area (Å²) in [6.07, 6.45) is 2.14. The number of amides is 1. The number of carbonyl (C=O) groups excluding carboxylic acids is 1. The van der Waals surface area contributed by atoms with Crippen LogP contribution in [0.3, 0.4) is 0 Å². The smallest absolute Gasteiger partial charge is 0.273 e. The van der Waals surface area contributed by atoms with Crippen LogP contribution in [0.2, 0.25) is 0 Å². The van der Waals surface area contributed by atoms with Gasteiger partial charge in [-0.05, 0) is 54.2 Å². The highest BCUT2D eigenvalue weighted by Crippen LogP contribution is 2.25. The van der Waals surface area contributed by atoms with E-state index in [2.05, 4.69) is 15.9 Å². The lowest BCUT2D eigenvalue weighted by Crippen LogP contribution is -2.39. The van der Waals surface area contributed by atoms with Crippen molar-refractivity contribution in [3.8, 4) is 0 Å². The van der Waals surface area contributed by atoms with Crippen LogP contribution in [0.4, 0.5) is 0 Å². The van der Waals surface area contributed by atoms with Gasteiger partial charge in [-0.2, -0.15) is 0 Å². The molecule has 0 aliphatic carbocycles. The highest BCUT2D eigenvalue weighted by molar-refractivity contribution is 9.11. The molecule has 9 heteroatoms. The summed E-state index contributed by atoms with van der Waals surface area (Å²) < 4.78 is 37.8. The van der Waals surface area contributed by atoms with Crippen LogP contribution in [0, 0.1) is 0 Å². The van der Waals surface area contributed by atoms with Gasteiger partial charge in [0.25, 0.3) is 15.9 Å². The molecule has 22 heavy (non-hydrogen) atoms. The molecular weight excluding hydrogens is 394 g/mol. The van der Waals surface area contributed by atoms with Gasteiger partial charge in [-0.3, -0.25) is 4.79 Å². The fraction of sp³-hybridized carbons (Fsp3) is 0.615. The molecule has 1 aliphatic rings. The minimum Gasteiger partial charge on any atom is -0.376 e. The summed E-state index contributed by atoms with van der Waals surface area (Å²) in [6, 6.07) is 3.05. The predicted molar refractivity (Wildman–Crippen MR) is 86.4 cm³/mol. The van der Waals surface area contributed by atoms with E-state index in [1.807, 2.05) is 4.72 Å². The molecule has 0 bridgehead atoms. The van der Waals surface area contributed by atoms with Crippen LogP contribution in [0.1, 0.15) is 26.2 Å². The van der Waals surface area contributed by atoms with E-state index in [0.717, 1.165) is 30.6 Å². The molecule has 2 rings (SSSR count). The molecule has 1 N–H and O–H groups in total. The third kappa shape index (κ3) is 5.02. The van der Waals surface area contributed by atoms with Crippen LogP contribution < -0.4 is 4.72 Å². The molecule has 1 aromatic rings. The lowest BCUT2D eigenvalue weighted by molar-refractivity contribution is -0.133. The molecule has 2 atom stereocenters. The molecule has 2 heterocycles. The Morgan fingerprint density at radius 3 is 2.91 bits per heavy atom. The second kappa shape index (κ2) is 7.87. The Labute approximate surface area is 142 Å². The molecule has 124 valence electrons. The summed E-state index contributed by atoms with van der Waals surface area (Å²) in [5.41, 5.74) is 0. The largest absolute Gasteiger partial charge is 0.376 e. The van der Waals surface area contributed by atoms with Crippen molar-refractivity contribution in [2.45, 2.75) is 42.6 Å². The normalized spacial score (nSPS) is 20.5. The first-order chi connectivity index (χ1) is 10.4. The Morgan fingerprint density at radius 1 is 1.55 bits per heavy atom. The van der Waals surface area contributed by atoms with Gasteiger partial charge in [0.1, 0.15) is 10.3 Å². The zero-order valence-electron chi connectivity index (χ0n) is 12.1. The average Bonchev–Trinajstić information content (AvgIpc) is 2.93. The quantitative estimate of drug-likeness (QED) is 0.776. The lowest BCUT2D eigenvalue weighted by Gasteiger charge is -2.23. The first-order valence-electron chi connectivity index (χ1n) is 6.93. The van der Waals surface area contributed by atoms with Gasteiger partial charge in [0.2, 0.25) is 0 Å². The molecule has 1 aromatic heterocycles. The van der Waals surface area contributed by atoms with Crippen molar-refractivity contribution in [2.24, 2.45) is 0 Å². The second-order valence-electron chi connectivity index (χ2n) is 4.99.